The Hall–Kier alpha value is -3.96. The fourth-order valence-corrected chi connectivity index (χ4v) is 5.31. The van der Waals surface area contributed by atoms with Gasteiger partial charge in [-0.1, -0.05) is 48.0 Å². The number of methoxy groups -OCH3 is 1. The number of nitriles is 1. The predicted octanol–water partition coefficient (Wildman–Crippen LogP) is 6.04. The highest BCUT2D eigenvalue weighted by molar-refractivity contribution is 5.79. The van der Waals surface area contributed by atoms with Gasteiger partial charge in [0.15, 0.2) is 0 Å². The van der Waals surface area contributed by atoms with Crippen LogP contribution in [0.2, 0.25) is 0 Å². The molecule has 2 aliphatic rings. The van der Waals surface area contributed by atoms with E-state index >= 15 is 0 Å². The van der Waals surface area contributed by atoms with Crippen molar-refractivity contribution in [1.29, 1.82) is 5.26 Å². The number of benzene rings is 2. The molecule has 1 amide bonds. The first-order valence-corrected chi connectivity index (χ1v) is 14.6. The topological polar surface area (TPSA) is 100 Å². The lowest BCUT2D eigenvalue weighted by Gasteiger charge is -2.33. The zero-order valence-corrected chi connectivity index (χ0v) is 24.2. The molecule has 216 valence electrons. The van der Waals surface area contributed by atoms with Crippen LogP contribution in [-0.4, -0.2) is 59.7 Å². The Kier molecular flexibility index (Phi) is 11.5. The van der Waals surface area contributed by atoms with E-state index in [-0.39, 0.29) is 24.0 Å². The Morgan fingerprint density at radius 3 is 2.29 bits per heavy atom. The molecular weight excluding hydrogens is 514 g/mol. The van der Waals surface area contributed by atoms with Crippen LogP contribution in [0, 0.1) is 24.2 Å². The molecule has 1 atom stereocenters. The second-order valence-electron chi connectivity index (χ2n) is 10.7. The van der Waals surface area contributed by atoms with Gasteiger partial charge < -0.3 is 19.7 Å². The third-order valence-electron chi connectivity index (χ3n) is 7.68. The van der Waals surface area contributed by atoms with Crippen LogP contribution >= 0.6 is 0 Å². The molecular formula is C33H41N5O3. The first-order valence-electron chi connectivity index (χ1n) is 14.6. The van der Waals surface area contributed by atoms with Crippen LogP contribution in [0.5, 0.6) is 5.75 Å². The molecule has 1 saturated heterocycles. The van der Waals surface area contributed by atoms with E-state index in [1.807, 2.05) is 59.8 Å². The molecule has 2 heterocycles. The lowest BCUT2D eigenvalue weighted by molar-refractivity contribution is -0.138. The molecule has 8 heteroatoms. The number of carbonyl (C=O) groups excluding carboxylic acids is 1. The van der Waals surface area contributed by atoms with Crippen molar-refractivity contribution in [3.63, 3.8) is 0 Å². The van der Waals surface area contributed by atoms with E-state index in [0.29, 0.717) is 25.5 Å². The second kappa shape index (κ2) is 15.7. The molecule has 0 bridgehead atoms. The largest absolute Gasteiger partial charge is 0.497 e. The maximum Gasteiger partial charge on any atom is 0.225 e. The van der Waals surface area contributed by atoms with E-state index in [4.69, 9.17) is 14.7 Å². The normalized spacial score (nSPS) is 19.8. The number of rotatable bonds is 9. The summed E-state index contributed by atoms with van der Waals surface area (Å²) < 4.78 is 10.9. The van der Waals surface area contributed by atoms with Crippen molar-refractivity contribution < 1.29 is 14.3 Å². The minimum atomic E-state index is 0.0107. The summed E-state index contributed by atoms with van der Waals surface area (Å²) in [6.07, 6.45) is 9.60. The molecule has 1 unspecified atom stereocenters. The van der Waals surface area contributed by atoms with Gasteiger partial charge >= 0.3 is 0 Å². The second-order valence-corrected chi connectivity index (χ2v) is 10.7. The van der Waals surface area contributed by atoms with E-state index in [1.165, 1.54) is 5.56 Å². The summed E-state index contributed by atoms with van der Waals surface area (Å²) in [5.41, 5.74) is 3.31. The van der Waals surface area contributed by atoms with Crippen LogP contribution in [0.4, 0.5) is 5.95 Å². The van der Waals surface area contributed by atoms with Gasteiger partial charge in [-0.2, -0.15) is 5.26 Å². The maximum absolute atomic E-state index is 13.2. The van der Waals surface area contributed by atoms with Crippen molar-refractivity contribution in [1.82, 2.24) is 14.9 Å². The SMILES string of the molecule is COc1ccc(-c2cnc(NC3CCC(C(=O)N(CCC#N)CC4CCCO4)CC3)nc2)cc1.Cc1ccccc1. The molecule has 2 fully saturated rings. The highest BCUT2D eigenvalue weighted by atomic mass is 16.5. The minimum absolute atomic E-state index is 0.0107. The summed E-state index contributed by atoms with van der Waals surface area (Å²) in [6.45, 7) is 3.94. The van der Waals surface area contributed by atoms with Crippen LogP contribution in [0.3, 0.4) is 0 Å². The van der Waals surface area contributed by atoms with Crippen LogP contribution in [0.15, 0.2) is 67.0 Å². The van der Waals surface area contributed by atoms with Crippen LogP contribution in [0.25, 0.3) is 11.1 Å². The highest BCUT2D eigenvalue weighted by Crippen LogP contribution is 2.29. The Morgan fingerprint density at radius 2 is 1.73 bits per heavy atom. The van der Waals surface area contributed by atoms with E-state index < -0.39 is 0 Å². The number of amides is 1. The molecule has 2 aromatic carbocycles. The number of hydrogen-bond donors (Lipinski definition) is 1. The predicted molar refractivity (Wildman–Crippen MR) is 160 cm³/mol. The quantitative estimate of drug-likeness (QED) is 0.344. The highest BCUT2D eigenvalue weighted by Gasteiger charge is 2.31. The third kappa shape index (κ3) is 9.29. The smallest absolute Gasteiger partial charge is 0.225 e. The van der Waals surface area contributed by atoms with Crippen molar-refractivity contribution >= 4 is 11.9 Å². The number of aryl methyl sites for hydroxylation is 1. The lowest BCUT2D eigenvalue weighted by atomic mass is 9.85. The number of nitrogens with zero attached hydrogens (tertiary/aromatic N) is 4. The first kappa shape index (κ1) is 30.0. The average molecular weight is 556 g/mol. The van der Waals surface area contributed by atoms with Crippen LogP contribution < -0.4 is 10.1 Å². The van der Waals surface area contributed by atoms with E-state index in [1.54, 1.807) is 7.11 Å². The molecule has 1 saturated carbocycles. The Bertz CT molecular complexity index is 1230. The minimum Gasteiger partial charge on any atom is -0.497 e. The summed E-state index contributed by atoms with van der Waals surface area (Å²) >= 11 is 0. The number of hydrogen-bond acceptors (Lipinski definition) is 7. The van der Waals surface area contributed by atoms with Gasteiger partial charge in [0, 0.05) is 49.6 Å². The third-order valence-corrected chi connectivity index (χ3v) is 7.68. The number of carbonyl (C=O) groups is 1. The van der Waals surface area contributed by atoms with E-state index in [9.17, 15) is 4.79 Å². The molecule has 1 aliphatic carbocycles. The van der Waals surface area contributed by atoms with Gasteiger partial charge in [-0.3, -0.25) is 4.79 Å². The Labute approximate surface area is 243 Å². The summed E-state index contributed by atoms with van der Waals surface area (Å²) in [7, 11) is 1.65. The van der Waals surface area contributed by atoms with Crippen molar-refractivity contribution in [2.75, 3.05) is 32.1 Å². The standard InChI is InChI=1S/C26H33N5O3.C7H8/c1-33-23-11-7-19(8-12-23)21-16-28-26(29-17-21)30-22-9-5-20(6-10-22)25(32)31(14-3-13-27)18-24-4-2-15-34-24;1-7-5-3-2-4-6-7/h7-8,11-12,16-17,20,22,24H,2-6,9-10,14-15,18H2,1H3,(H,28,29,30);2-6H,1H3. The summed E-state index contributed by atoms with van der Waals surface area (Å²) in [5, 5.41) is 12.4. The van der Waals surface area contributed by atoms with Crippen molar-refractivity contribution in [2.24, 2.45) is 5.92 Å². The monoisotopic (exact) mass is 555 g/mol. The van der Waals surface area contributed by atoms with Gasteiger partial charge in [0.1, 0.15) is 5.75 Å². The molecule has 41 heavy (non-hydrogen) atoms. The van der Waals surface area contributed by atoms with Gasteiger partial charge in [0.05, 0.1) is 25.7 Å². The molecule has 5 rings (SSSR count). The lowest BCUT2D eigenvalue weighted by Crippen LogP contribution is -2.43. The van der Waals surface area contributed by atoms with Gasteiger partial charge in [-0.05, 0) is 63.1 Å². The van der Waals surface area contributed by atoms with Crippen molar-refractivity contribution in [3.05, 3.63) is 72.6 Å². The van der Waals surface area contributed by atoms with Gasteiger partial charge in [-0.15, -0.1) is 0 Å². The molecule has 1 aliphatic heterocycles. The van der Waals surface area contributed by atoms with E-state index in [0.717, 1.165) is 62.0 Å². The average Bonchev–Trinajstić information content (AvgIpc) is 3.54. The molecule has 1 aromatic heterocycles. The molecule has 1 N–H and O–H groups in total. The first-order chi connectivity index (χ1) is 20.1. The molecule has 0 spiro atoms. The maximum atomic E-state index is 13.2. The van der Waals surface area contributed by atoms with Crippen molar-refractivity contribution in [3.8, 4) is 22.9 Å². The zero-order chi connectivity index (χ0) is 28.9. The number of ether oxygens (including phenoxy) is 2. The van der Waals surface area contributed by atoms with Gasteiger partial charge in [0.25, 0.3) is 0 Å². The van der Waals surface area contributed by atoms with E-state index in [2.05, 4.69) is 40.4 Å². The molecule has 8 nitrogen and oxygen atoms in total. The summed E-state index contributed by atoms with van der Waals surface area (Å²) in [6, 6.07) is 20.5. The summed E-state index contributed by atoms with van der Waals surface area (Å²) in [5.74, 6) is 1.61. The fourth-order valence-electron chi connectivity index (χ4n) is 5.31. The van der Waals surface area contributed by atoms with Crippen LogP contribution in [-0.2, 0) is 9.53 Å². The fraction of sp³-hybridized carbons (Fsp3) is 0.455. The molecule has 3 aromatic rings. The number of anilines is 1. The molecule has 0 radical (unpaired) electrons. The summed E-state index contributed by atoms with van der Waals surface area (Å²) in [4.78, 5) is 24.0. The van der Waals surface area contributed by atoms with Gasteiger partial charge in [0.2, 0.25) is 11.9 Å². The number of nitrogens with one attached hydrogen (secondary N) is 1. The van der Waals surface area contributed by atoms with Crippen LogP contribution in [0.1, 0.15) is 50.5 Å². The Balaban J connectivity index is 0.000000483. The van der Waals surface area contributed by atoms with Crippen molar-refractivity contribution in [2.45, 2.75) is 64.0 Å². The van der Waals surface area contributed by atoms with Gasteiger partial charge in [-0.25, -0.2) is 9.97 Å². The Morgan fingerprint density at radius 1 is 1.02 bits per heavy atom. The zero-order valence-electron chi connectivity index (χ0n) is 24.2. The number of aromatic nitrogens is 2.